The van der Waals surface area contributed by atoms with Gasteiger partial charge >= 0.3 is 11.9 Å². The maximum absolute atomic E-state index is 12.0. The van der Waals surface area contributed by atoms with Gasteiger partial charge in [0.25, 0.3) is 0 Å². The number of allylic oxidation sites excluding steroid dienone is 4. The zero-order valence-electron chi connectivity index (χ0n) is 13.6. The van der Waals surface area contributed by atoms with Crippen LogP contribution in [0.1, 0.15) is 27.2 Å². The molecule has 6 heteroatoms. The first kappa shape index (κ1) is 19.1. The van der Waals surface area contributed by atoms with Crippen LogP contribution >= 0.6 is 0 Å². The topological polar surface area (TPSA) is 96.4 Å². The van der Waals surface area contributed by atoms with Gasteiger partial charge < -0.3 is 19.7 Å². The molecule has 1 aliphatic rings. The second-order valence-corrected chi connectivity index (χ2v) is 5.76. The van der Waals surface area contributed by atoms with E-state index < -0.39 is 29.7 Å². The van der Waals surface area contributed by atoms with Crippen molar-refractivity contribution in [1.82, 2.24) is 0 Å². The molecule has 1 heterocycles. The van der Waals surface area contributed by atoms with Gasteiger partial charge in [-0.2, -0.15) is 0 Å². The van der Waals surface area contributed by atoms with Gasteiger partial charge in [0.2, 0.25) is 0 Å². The Hall–Kier alpha value is -1.92. The van der Waals surface area contributed by atoms with Crippen LogP contribution in [0.2, 0.25) is 0 Å². The number of esters is 1. The molecule has 1 saturated heterocycles. The number of carboxylic acids is 1. The van der Waals surface area contributed by atoms with Gasteiger partial charge in [-0.15, -0.1) is 0 Å². The predicted molar refractivity (Wildman–Crippen MR) is 84.8 cm³/mol. The van der Waals surface area contributed by atoms with Crippen LogP contribution in [-0.2, 0) is 19.1 Å². The number of aliphatic carboxylic acids is 1. The third-order valence-corrected chi connectivity index (χ3v) is 3.73. The zero-order chi connectivity index (χ0) is 17.5. The summed E-state index contributed by atoms with van der Waals surface area (Å²) in [4.78, 5) is 22.3. The maximum atomic E-state index is 12.0. The summed E-state index contributed by atoms with van der Waals surface area (Å²) in [6, 6.07) is 0. The Morgan fingerprint density at radius 2 is 1.91 bits per heavy atom. The van der Waals surface area contributed by atoms with Crippen molar-refractivity contribution in [3.8, 4) is 0 Å². The molecule has 23 heavy (non-hydrogen) atoms. The van der Waals surface area contributed by atoms with Crippen molar-refractivity contribution < 1.29 is 29.3 Å². The molecule has 0 radical (unpaired) electrons. The second-order valence-electron chi connectivity index (χ2n) is 5.76. The van der Waals surface area contributed by atoms with Crippen LogP contribution in [0.15, 0.2) is 36.5 Å². The van der Waals surface area contributed by atoms with Gasteiger partial charge in [0.05, 0.1) is 6.61 Å². The van der Waals surface area contributed by atoms with Gasteiger partial charge in [-0.25, -0.2) is 9.59 Å². The molecule has 0 aliphatic carbocycles. The van der Waals surface area contributed by atoms with E-state index in [1.165, 1.54) is 6.08 Å². The van der Waals surface area contributed by atoms with Crippen molar-refractivity contribution in [2.75, 3.05) is 6.61 Å². The van der Waals surface area contributed by atoms with E-state index in [1.54, 1.807) is 31.2 Å². The molecule has 0 bridgehead atoms. The second kappa shape index (κ2) is 8.64. The standard InChI is InChI=1S/C17H24O6/c1-4-12(2)15(20)16(21)23-13(17(3)11-22-17)9-7-5-6-8-10-14(18)19/h5-10,12-13,15,20H,4,11H2,1-3H3,(H,18,19)/b6-5+,9-7-,10-8+/t12-,13?,15+,17?/m0/s1. The first-order valence-corrected chi connectivity index (χ1v) is 7.57. The Labute approximate surface area is 136 Å². The van der Waals surface area contributed by atoms with Gasteiger partial charge in [-0.3, -0.25) is 0 Å². The molecule has 0 amide bonds. The minimum atomic E-state index is -1.16. The fourth-order valence-electron chi connectivity index (χ4n) is 1.73. The fourth-order valence-corrected chi connectivity index (χ4v) is 1.73. The molecule has 1 fully saturated rings. The first-order valence-electron chi connectivity index (χ1n) is 7.57. The van der Waals surface area contributed by atoms with E-state index in [-0.39, 0.29) is 5.92 Å². The average molecular weight is 324 g/mol. The van der Waals surface area contributed by atoms with E-state index in [0.717, 1.165) is 6.08 Å². The summed E-state index contributed by atoms with van der Waals surface area (Å²) in [5, 5.41) is 18.3. The van der Waals surface area contributed by atoms with Crippen LogP contribution in [0.5, 0.6) is 0 Å². The monoisotopic (exact) mass is 324 g/mol. The lowest BCUT2D eigenvalue weighted by molar-refractivity contribution is -0.162. The van der Waals surface area contributed by atoms with Gasteiger partial charge in [0.15, 0.2) is 12.2 Å². The highest BCUT2D eigenvalue weighted by Crippen LogP contribution is 2.33. The third kappa shape index (κ3) is 6.38. The number of epoxide rings is 1. The SMILES string of the molecule is CC[C@H](C)[C@@H](O)C(=O)OC(\C=C/C=C/C=C/C(=O)O)C1(C)CO1. The normalized spacial score (nSPS) is 24.9. The van der Waals surface area contributed by atoms with Crippen LogP contribution in [0.25, 0.3) is 0 Å². The number of aliphatic hydroxyl groups excluding tert-OH is 1. The van der Waals surface area contributed by atoms with Crippen LogP contribution in [-0.4, -0.2) is 46.6 Å². The lowest BCUT2D eigenvalue weighted by Gasteiger charge is -2.22. The number of rotatable bonds is 9. The Balaban J connectivity index is 2.64. The molecule has 2 N–H and O–H groups in total. The molecule has 1 rings (SSSR count). The number of hydrogen-bond donors (Lipinski definition) is 2. The first-order chi connectivity index (χ1) is 10.8. The quantitative estimate of drug-likeness (QED) is 0.291. The van der Waals surface area contributed by atoms with E-state index in [0.29, 0.717) is 13.0 Å². The molecule has 4 atom stereocenters. The number of carbonyl (C=O) groups is 2. The molecule has 128 valence electrons. The molecular formula is C17H24O6. The summed E-state index contributed by atoms with van der Waals surface area (Å²) in [5.74, 6) is -1.87. The Bertz CT molecular complexity index is 501. The number of aliphatic hydroxyl groups is 1. The minimum Gasteiger partial charge on any atom is -0.478 e. The lowest BCUT2D eigenvalue weighted by atomic mass is 10.0. The number of ether oxygens (including phenoxy) is 2. The number of carboxylic acid groups (broad SMARTS) is 1. The van der Waals surface area contributed by atoms with Gasteiger partial charge in [0.1, 0.15) is 5.60 Å². The van der Waals surface area contributed by atoms with Crippen molar-refractivity contribution in [3.63, 3.8) is 0 Å². The summed E-state index contributed by atoms with van der Waals surface area (Å²) < 4.78 is 10.7. The molecule has 6 nitrogen and oxygen atoms in total. The van der Waals surface area contributed by atoms with E-state index in [2.05, 4.69) is 0 Å². The van der Waals surface area contributed by atoms with Crippen LogP contribution < -0.4 is 0 Å². The Morgan fingerprint density at radius 1 is 1.30 bits per heavy atom. The predicted octanol–water partition coefficient (Wildman–Crippen LogP) is 1.85. The largest absolute Gasteiger partial charge is 0.478 e. The molecule has 0 spiro atoms. The van der Waals surface area contributed by atoms with Crippen LogP contribution in [0.3, 0.4) is 0 Å². The molecule has 0 saturated carbocycles. The summed E-state index contributed by atoms with van der Waals surface area (Å²) in [7, 11) is 0. The van der Waals surface area contributed by atoms with Crippen molar-refractivity contribution in [1.29, 1.82) is 0 Å². The van der Waals surface area contributed by atoms with E-state index in [4.69, 9.17) is 14.6 Å². The number of hydrogen-bond acceptors (Lipinski definition) is 5. The minimum absolute atomic E-state index is 0.180. The third-order valence-electron chi connectivity index (χ3n) is 3.73. The van der Waals surface area contributed by atoms with Crippen LogP contribution in [0, 0.1) is 5.92 Å². The number of carbonyl (C=O) groups excluding carboxylic acids is 1. The lowest BCUT2D eigenvalue weighted by Crippen LogP contribution is -2.37. The highest BCUT2D eigenvalue weighted by molar-refractivity contribution is 5.80. The van der Waals surface area contributed by atoms with Crippen LogP contribution in [0.4, 0.5) is 0 Å². The summed E-state index contributed by atoms with van der Waals surface area (Å²) in [6.45, 7) is 5.96. The van der Waals surface area contributed by atoms with Crippen molar-refractivity contribution in [2.24, 2.45) is 5.92 Å². The Kier molecular flexibility index (Phi) is 7.19. The van der Waals surface area contributed by atoms with E-state index >= 15 is 0 Å². The van der Waals surface area contributed by atoms with E-state index in [1.807, 2.05) is 13.8 Å². The Morgan fingerprint density at radius 3 is 2.43 bits per heavy atom. The van der Waals surface area contributed by atoms with Crippen molar-refractivity contribution in [2.45, 2.75) is 45.0 Å². The van der Waals surface area contributed by atoms with Crippen molar-refractivity contribution >= 4 is 11.9 Å². The summed E-state index contributed by atoms with van der Waals surface area (Å²) in [6.07, 6.45) is 7.76. The molecular weight excluding hydrogens is 300 g/mol. The molecule has 0 aromatic heterocycles. The highest BCUT2D eigenvalue weighted by atomic mass is 16.6. The molecule has 0 aromatic rings. The maximum Gasteiger partial charge on any atom is 0.335 e. The molecule has 1 aliphatic heterocycles. The summed E-state index contributed by atoms with van der Waals surface area (Å²) >= 11 is 0. The van der Waals surface area contributed by atoms with E-state index in [9.17, 15) is 14.7 Å². The van der Waals surface area contributed by atoms with Gasteiger partial charge in [-0.05, 0) is 18.9 Å². The summed E-state index contributed by atoms with van der Waals surface area (Å²) in [5.41, 5.74) is -0.577. The highest BCUT2D eigenvalue weighted by Gasteiger charge is 2.48. The van der Waals surface area contributed by atoms with Crippen molar-refractivity contribution in [3.05, 3.63) is 36.5 Å². The van der Waals surface area contributed by atoms with Gasteiger partial charge in [-0.1, -0.05) is 44.6 Å². The smallest absolute Gasteiger partial charge is 0.335 e. The average Bonchev–Trinajstić information content (AvgIpc) is 3.26. The molecule has 0 aromatic carbocycles. The fraction of sp³-hybridized carbons (Fsp3) is 0.529. The van der Waals surface area contributed by atoms with Gasteiger partial charge in [0, 0.05) is 6.08 Å². The zero-order valence-corrected chi connectivity index (χ0v) is 13.6. The molecule has 2 unspecified atom stereocenters.